The van der Waals surface area contributed by atoms with Gasteiger partial charge in [-0.3, -0.25) is 9.36 Å². The number of rotatable bonds is 4. The number of aryl methyl sites for hydroxylation is 2. The van der Waals surface area contributed by atoms with Gasteiger partial charge < -0.3 is 5.32 Å². The average molecular weight is 296 g/mol. The first-order chi connectivity index (χ1) is 9.22. The Morgan fingerprint density at radius 3 is 2.70 bits per heavy atom. The topological polar surface area (TPSA) is 47.7 Å². The Morgan fingerprint density at radius 1 is 1.30 bits per heavy atom. The zero-order valence-electron chi connectivity index (χ0n) is 12.0. The minimum Gasteiger partial charge on any atom is -0.378 e. The van der Waals surface area contributed by atoms with Crippen LogP contribution in [0.5, 0.6) is 0 Å². The SMILES string of the molecule is Cc1nn(C2CCCC2)cc1CNc1cnn(C)c1.Cl. The van der Waals surface area contributed by atoms with Crippen LogP contribution >= 0.6 is 12.4 Å². The molecule has 0 spiro atoms. The minimum atomic E-state index is 0. The van der Waals surface area contributed by atoms with Crippen molar-refractivity contribution in [3.05, 3.63) is 29.8 Å². The van der Waals surface area contributed by atoms with Crippen LogP contribution in [0.3, 0.4) is 0 Å². The predicted molar refractivity (Wildman–Crippen MR) is 82.3 cm³/mol. The van der Waals surface area contributed by atoms with E-state index in [0.717, 1.165) is 17.9 Å². The lowest BCUT2D eigenvalue weighted by molar-refractivity contribution is 0.464. The molecule has 110 valence electrons. The molecule has 1 saturated carbocycles. The Balaban J connectivity index is 0.00000147. The molecule has 2 heterocycles. The summed E-state index contributed by atoms with van der Waals surface area (Å²) in [5.41, 5.74) is 3.45. The van der Waals surface area contributed by atoms with E-state index >= 15 is 0 Å². The summed E-state index contributed by atoms with van der Waals surface area (Å²) in [5, 5.41) is 12.2. The second-order valence-electron chi connectivity index (χ2n) is 5.41. The lowest BCUT2D eigenvalue weighted by atomic mass is 10.2. The maximum absolute atomic E-state index is 4.67. The summed E-state index contributed by atoms with van der Waals surface area (Å²) >= 11 is 0. The Bertz CT molecular complexity index is 554. The molecule has 0 atom stereocenters. The molecule has 2 aromatic heterocycles. The first kappa shape index (κ1) is 14.9. The third-order valence-electron chi connectivity index (χ3n) is 3.90. The van der Waals surface area contributed by atoms with E-state index in [1.807, 2.05) is 19.4 Å². The van der Waals surface area contributed by atoms with E-state index in [0.29, 0.717) is 6.04 Å². The number of nitrogens with zero attached hydrogens (tertiary/aromatic N) is 4. The molecular formula is C14H22ClN5. The van der Waals surface area contributed by atoms with E-state index in [9.17, 15) is 0 Å². The van der Waals surface area contributed by atoms with E-state index in [4.69, 9.17) is 0 Å². The molecule has 2 aromatic rings. The molecule has 6 heteroatoms. The third-order valence-corrected chi connectivity index (χ3v) is 3.90. The van der Waals surface area contributed by atoms with Gasteiger partial charge in [-0.2, -0.15) is 10.2 Å². The number of nitrogens with one attached hydrogen (secondary N) is 1. The van der Waals surface area contributed by atoms with Crippen LogP contribution in [0.1, 0.15) is 43.0 Å². The van der Waals surface area contributed by atoms with Gasteiger partial charge in [-0.05, 0) is 19.8 Å². The lowest BCUT2D eigenvalue weighted by Gasteiger charge is -2.08. The van der Waals surface area contributed by atoms with Crippen LogP contribution in [-0.2, 0) is 13.6 Å². The van der Waals surface area contributed by atoms with Crippen molar-refractivity contribution in [2.24, 2.45) is 7.05 Å². The standard InChI is InChI=1S/C14H21N5.ClH/c1-11-12(7-15-13-8-16-18(2)10-13)9-19(17-11)14-5-3-4-6-14;/h8-10,14-15H,3-7H2,1-2H3;1H. The van der Waals surface area contributed by atoms with Gasteiger partial charge in [0, 0.05) is 31.5 Å². The molecule has 0 aromatic carbocycles. The molecule has 3 rings (SSSR count). The van der Waals surface area contributed by atoms with Crippen molar-refractivity contribution < 1.29 is 0 Å². The zero-order valence-corrected chi connectivity index (χ0v) is 12.9. The number of hydrogen-bond acceptors (Lipinski definition) is 3. The van der Waals surface area contributed by atoms with E-state index in [1.54, 1.807) is 4.68 Å². The summed E-state index contributed by atoms with van der Waals surface area (Å²) in [6.07, 6.45) is 11.3. The molecule has 1 aliphatic rings. The van der Waals surface area contributed by atoms with Gasteiger partial charge in [-0.15, -0.1) is 12.4 Å². The van der Waals surface area contributed by atoms with E-state index in [2.05, 4.69) is 33.3 Å². The van der Waals surface area contributed by atoms with Crippen LogP contribution in [0.4, 0.5) is 5.69 Å². The van der Waals surface area contributed by atoms with Gasteiger partial charge in [-0.1, -0.05) is 12.8 Å². The molecule has 0 amide bonds. The Hall–Kier alpha value is -1.49. The largest absolute Gasteiger partial charge is 0.378 e. The minimum absolute atomic E-state index is 0. The summed E-state index contributed by atoms with van der Waals surface area (Å²) in [6, 6.07) is 0.617. The fourth-order valence-corrected chi connectivity index (χ4v) is 2.76. The van der Waals surface area contributed by atoms with Crippen LogP contribution in [-0.4, -0.2) is 19.6 Å². The summed E-state index contributed by atoms with van der Waals surface area (Å²) in [6.45, 7) is 2.90. The molecule has 0 bridgehead atoms. The number of halogens is 1. The maximum Gasteiger partial charge on any atom is 0.0729 e. The molecule has 0 aliphatic heterocycles. The van der Waals surface area contributed by atoms with Gasteiger partial charge >= 0.3 is 0 Å². The molecule has 0 unspecified atom stereocenters. The molecule has 20 heavy (non-hydrogen) atoms. The summed E-state index contributed by atoms with van der Waals surface area (Å²) < 4.78 is 3.97. The molecule has 1 aliphatic carbocycles. The highest BCUT2D eigenvalue weighted by molar-refractivity contribution is 5.85. The maximum atomic E-state index is 4.67. The summed E-state index contributed by atoms with van der Waals surface area (Å²) in [7, 11) is 1.93. The number of hydrogen-bond donors (Lipinski definition) is 1. The highest BCUT2D eigenvalue weighted by Crippen LogP contribution is 2.29. The number of aromatic nitrogens is 4. The zero-order chi connectivity index (χ0) is 13.2. The first-order valence-electron chi connectivity index (χ1n) is 6.99. The molecule has 1 N–H and O–H groups in total. The molecule has 0 radical (unpaired) electrons. The predicted octanol–water partition coefficient (Wildman–Crippen LogP) is 3.07. The van der Waals surface area contributed by atoms with Gasteiger partial charge in [0.15, 0.2) is 0 Å². The normalized spacial score (nSPS) is 15.3. The Kier molecular flexibility index (Phi) is 4.70. The summed E-state index contributed by atoms with van der Waals surface area (Å²) in [4.78, 5) is 0. The van der Waals surface area contributed by atoms with E-state index < -0.39 is 0 Å². The van der Waals surface area contributed by atoms with Gasteiger partial charge in [0.25, 0.3) is 0 Å². The van der Waals surface area contributed by atoms with Crippen LogP contribution in [0.2, 0.25) is 0 Å². The second-order valence-corrected chi connectivity index (χ2v) is 5.41. The van der Waals surface area contributed by atoms with Crippen molar-refractivity contribution in [1.29, 1.82) is 0 Å². The first-order valence-corrected chi connectivity index (χ1v) is 6.99. The molecule has 1 fully saturated rings. The third kappa shape index (κ3) is 3.15. The van der Waals surface area contributed by atoms with E-state index in [1.165, 1.54) is 31.2 Å². The van der Waals surface area contributed by atoms with Crippen molar-refractivity contribution in [2.75, 3.05) is 5.32 Å². The highest BCUT2D eigenvalue weighted by atomic mass is 35.5. The quantitative estimate of drug-likeness (QED) is 0.943. The average Bonchev–Trinajstić information content (AvgIpc) is 3.07. The fourth-order valence-electron chi connectivity index (χ4n) is 2.76. The van der Waals surface area contributed by atoms with Crippen molar-refractivity contribution in [3.63, 3.8) is 0 Å². The fraction of sp³-hybridized carbons (Fsp3) is 0.571. The van der Waals surface area contributed by atoms with Gasteiger partial charge in [-0.25, -0.2) is 0 Å². The van der Waals surface area contributed by atoms with Crippen molar-refractivity contribution in [2.45, 2.75) is 45.2 Å². The van der Waals surface area contributed by atoms with E-state index in [-0.39, 0.29) is 12.4 Å². The Labute approximate surface area is 125 Å². The molecule has 0 saturated heterocycles. The van der Waals surface area contributed by atoms with Crippen molar-refractivity contribution in [3.8, 4) is 0 Å². The second kappa shape index (κ2) is 6.31. The highest BCUT2D eigenvalue weighted by Gasteiger charge is 2.18. The van der Waals surface area contributed by atoms with Crippen molar-refractivity contribution >= 4 is 18.1 Å². The molecular weight excluding hydrogens is 274 g/mol. The monoisotopic (exact) mass is 295 g/mol. The van der Waals surface area contributed by atoms with Crippen LogP contribution in [0.25, 0.3) is 0 Å². The van der Waals surface area contributed by atoms with Gasteiger partial charge in [0.2, 0.25) is 0 Å². The van der Waals surface area contributed by atoms with Gasteiger partial charge in [0.1, 0.15) is 0 Å². The smallest absolute Gasteiger partial charge is 0.0729 e. The van der Waals surface area contributed by atoms with Crippen LogP contribution < -0.4 is 5.32 Å². The molecule has 5 nitrogen and oxygen atoms in total. The van der Waals surface area contributed by atoms with Gasteiger partial charge in [0.05, 0.1) is 23.6 Å². The lowest BCUT2D eigenvalue weighted by Crippen LogP contribution is -2.05. The van der Waals surface area contributed by atoms with Crippen LogP contribution in [0.15, 0.2) is 18.6 Å². The summed E-state index contributed by atoms with van der Waals surface area (Å²) in [5.74, 6) is 0. The van der Waals surface area contributed by atoms with Crippen molar-refractivity contribution in [1.82, 2.24) is 19.6 Å². The van der Waals surface area contributed by atoms with Crippen LogP contribution in [0, 0.1) is 6.92 Å². The number of anilines is 1. The Morgan fingerprint density at radius 2 is 2.05 bits per heavy atom.